The molecule has 4 rings (SSSR count). The molecule has 3 aromatic rings. The fourth-order valence-corrected chi connectivity index (χ4v) is 4.55. The average molecular weight is 392 g/mol. The molecule has 1 aliphatic rings. The van der Waals surface area contributed by atoms with Gasteiger partial charge in [-0.25, -0.2) is 0 Å². The van der Waals surface area contributed by atoms with Gasteiger partial charge in [0, 0.05) is 28.2 Å². The standard InChI is InChI=1S/C22H20N2O3S/c1-13-2-4-15(5-3-13)18-12-28-22-17(10-20(26)24-21(18)22)14-6-8-16(9-7-14)27-11-19(23)25/h2-9,12,17H,10-11H2,1H3,(H2,23,25)(H,24,26)/t17-/m0/s1. The van der Waals surface area contributed by atoms with E-state index in [-0.39, 0.29) is 18.4 Å². The Morgan fingerprint density at radius 1 is 1.18 bits per heavy atom. The van der Waals surface area contributed by atoms with Gasteiger partial charge >= 0.3 is 0 Å². The predicted octanol–water partition coefficient (Wildman–Crippen LogP) is 4.06. The van der Waals surface area contributed by atoms with Gasteiger partial charge in [-0.05, 0) is 30.2 Å². The summed E-state index contributed by atoms with van der Waals surface area (Å²) in [7, 11) is 0. The molecule has 2 amide bonds. The summed E-state index contributed by atoms with van der Waals surface area (Å²) in [6, 6.07) is 15.8. The summed E-state index contributed by atoms with van der Waals surface area (Å²) in [5.41, 5.74) is 10.4. The Morgan fingerprint density at radius 2 is 1.89 bits per heavy atom. The molecule has 5 nitrogen and oxygen atoms in total. The van der Waals surface area contributed by atoms with Gasteiger partial charge in [-0.1, -0.05) is 42.0 Å². The van der Waals surface area contributed by atoms with Crippen LogP contribution in [0.4, 0.5) is 5.69 Å². The number of nitrogens with two attached hydrogens (primary N) is 1. The van der Waals surface area contributed by atoms with E-state index in [4.69, 9.17) is 10.5 Å². The van der Waals surface area contributed by atoms with Crippen molar-refractivity contribution in [2.45, 2.75) is 19.3 Å². The molecule has 0 saturated carbocycles. The maximum Gasteiger partial charge on any atom is 0.255 e. The number of benzene rings is 2. The largest absolute Gasteiger partial charge is 0.484 e. The number of fused-ring (bicyclic) bond motifs is 1. The van der Waals surface area contributed by atoms with Crippen LogP contribution in [0.15, 0.2) is 53.9 Å². The molecule has 1 aromatic heterocycles. The molecule has 0 bridgehead atoms. The van der Waals surface area contributed by atoms with Crippen molar-refractivity contribution in [1.82, 2.24) is 0 Å². The van der Waals surface area contributed by atoms with Crippen molar-refractivity contribution >= 4 is 28.8 Å². The van der Waals surface area contributed by atoms with Gasteiger partial charge in [-0.15, -0.1) is 11.3 Å². The highest BCUT2D eigenvalue weighted by molar-refractivity contribution is 7.11. The highest BCUT2D eigenvalue weighted by Crippen LogP contribution is 2.46. The first-order chi connectivity index (χ1) is 13.5. The van der Waals surface area contributed by atoms with E-state index in [1.54, 1.807) is 23.5 Å². The van der Waals surface area contributed by atoms with E-state index >= 15 is 0 Å². The summed E-state index contributed by atoms with van der Waals surface area (Å²) in [4.78, 5) is 24.4. The normalized spacial score (nSPS) is 15.6. The zero-order valence-corrected chi connectivity index (χ0v) is 16.2. The molecule has 2 aromatic carbocycles. The minimum Gasteiger partial charge on any atom is -0.484 e. The summed E-state index contributed by atoms with van der Waals surface area (Å²) in [5.74, 6) is 0.0749. The Balaban J connectivity index is 1.65. The minimum atomic E-state index is -0.514. The molecule has 0 unspecified atom stereocenters. The molecule has 3 N–H and O–H groups in total. The number of carbonyl (C=O) groups is 2. The van der Waals surface area contributed by atoms with E-state index in [1.165, 1.54) is 5.56 Å². The number of nitrogens with one attached hydrogen (secondary N) is 1. The first-order valence-corrected chi connectivity index (χ1v) is 9.88. The molecule has 2 heterocycles. The van der Waals surface area contributed by atoms with E-state index in [0.29, 0.717) is 12.2 Å². The van der Waals surface area contributed by atoms with Crippen LogP contribution in [0.3, 0.4) is 0 Å². The average Bonchev–Trinajstić information content (AvgIpc) is 3.10. The van der Waals surface area contributed by atoms with Crippen LogP contribution in [0.2, 0.25) is 0 Å². The number of carbonyl (C=O) groups excluding carboxylic acids is 2. The van der Waals surface area contributed by atoms with Gasteiger partial charge in [0.25, 0.3) is 5.91 Å². The SMILES string of the molecule is Cc1ccc(-c2csc3c2NC(=O)C[C@H]3c2ccc(OCC(N)=O)cc2)cc1. The summed E-state index contributed by atoms with van der Waals surface area (Å²) in [6.07, 6.45) is 0.405. The fourth-order valence-electron chi connectivity index (χ4n) is 3.39. The van der Waals surface area contributed by atoms with Crippen molar-refractivity contribution in [1.29, 1.82) is 0 Å². The van der Waals surface area contributed by atoms with Gasteiger partial charge in [0.15, 0.2) is 6.61 Å². The smallest absolute Gasteiger partial charge is 0.255 e. The highest BCUT2D eigenvalue weighted by Gasteiger charge is 2.30. The van der Waals surface area contributed by atoms with Gasteiger partial charge in [-0.3, -0.25) is 9.59 Å². The first kappa shape index (κ1) is 18.3. The lowest BCUT2D eigenvalue weighted by Crippen LogP contribution is -2.22. The number of thiophene rings is 1. The number of rotatable bonds is 5. The van der Waals surface area contributed by atoms with Crippen LogP contribution in [0.25, 0.3) is 11.1 Å². The summed E-state index contributed by atoms with van der Waals surface area (Å²) < 4.78 is 5.32. The molecule has 0 radical (unpaired) electrons. The zero-order chi connectivity index (χ0) is 19.7. The van der Waals surface area contributed by atoms with Gasteiger partial charge in [-0.2, -0.15) is 0 Å². The van der Waals surface area contributed by atoms with Crippen molar-refractivity contribution < 1.29 is 14.3 Å². The lowest BCUT2D eigenvalue weighted by atomic mass is 9.89. The van der Waals surface area contributed by atoms with Gasteiger partial charge < -0.3 is 15.8 Å². The third kappa shape index (κ3) is 3.64. The predicted molar refractivity (Wildman–Crippen MR) is 111 cm³/mol. The maximum atomic E-state index is 12.4. The van der Waals surface area contributed by atoms with E-state index in [2.05, 4.69) is 41.9 Å². The summed E-state index contributed by atoms with van der Waals surface area (Å²) in [6.45, 7) is 1.90. The van der Waals surface area contributed by atoms with Crippen molar-refractivity contribution in [3.63, 3.8) is 0 Å². The molecule has 6 heteroatoms. The molecule has 1 atom stereocenters. The van der Waals surface area contributed by atoms with Crippen molar-refractivity contribution in [3.05, 3.63) is 69.9 Å². The molecule has 0 aliphatic carbocycles. The van der Waals surface area contributed by atoms with Crippen LogP contribution < -0.4 is 15.8 Å². The molecule has 0 fully saturated rings. The number of ether oxygens (including phenoxy) is 1. The quantitative estimate of drug-likeness (QED) is 0.687. The van der Waals surface area contributed by atoms with Crippen LogP contribution in [-0.2, 0) is 9.59 Å². The second-order valence-corrected chi connectivity index (χ2v) is 7.79. The van der Waals surface area contributed by atoms with Crippen LogP contribution in [0.1, 0.15) is 28.3 Å². The lowest BCUT2D eigenvalue weighted by Gasteiger charge is -2.24. The van der Waals surface area contributed by atoms with E-state index < -0.39 is 5.91 Å². The van der Waals surface area contributed by atoms with Crippen LogP contribution in [0.5, 0.6) is 5.75 Å². The number of hydrogen-bond acceptors (Lipinski definition) is 4. The Morgan fingerprint density at radius 3 is 2.57 bits per heavy atom. The molecular formula is C22H20N2O3S. The minimum absolute atomic E-state index is 0.00172. The van der Waals surface area contributed by atoms with E-state index in [0.717, 1.165) is 27.3 Å². The Hall–Kier alpha value is -3.12. The molecule has 142 valence electrons. The number of hydrogen-bond donors (Lipinski definition) is 2. The second-order valence-electron chi connectivity index (χ2n) is 6.88. The summed E-state index contributed by atoms with van der Waals surface area (Å²) >= 11 is 1.67. The molecule has 0 spiro atoms. The van der Waals surface area contributed by atoms with Crippen LogP contribution in [-0.4, -0.2) is 18.4 Å². The van der Waals surface area contributed by atoms with E-state index in [9.17, 15) is 9.59 Å². The van der Waals surface area contributed by atoms with E-state index in [1.807, 2.05) is 12.1 Å². The van der Waals surface area contributed by atoms with Crippen molar-refractivity contribution in [2.24, 2.45) is 5.73 Å². The third-order valence-electron chi connectivity index (χ3n) is 4.82. The van der Waals surface area contributed by atoms with Crippen molar-refractivity contribution in [2.75, 3.05) is 11.9 Å². The van der Waals surface area contributed by atoms with Crippen molar-refractivity contribution in [3.8, 4) is 16.9 Å². The number of anilines is 1. The van der Waals surface area contributed by atoms with Gasteiger partial charge in [0.2, 0.25) is 5.91 Å². The Bertz CT molecular complexity index is 1020. The fraction of sp³-hybridized carbons (Fsp3) is 0.182. The number of primary amides is 1. The summed E-state index contributed by atoms with van der Waals surface area (Å²) in [5, 5.41) is 5.17. The van der Waals surface area contributed by atoms with Crippen LogP contribution in [0, 0.1) is 6.92 Å². The Kier molecular flexibility index (Phi) is 4.88. The lowest BCUT2D eigenvalue weighted by molar-refractivity contribution is -0.120. The topological polar surface area (TPSA) is 81.4 Å². The second kappa shape index (κ2) is 7.48. The highest BCUT2D eigenvalue weighted by atomic mass is 32.1. The monoisotopic (exact) mass is 392 g/mol. The first-order valence-electron chi connectivity index (χ1n) is 9.00. The maximum absolute atomic E-state index is 12.4. The number of amides is 2. The molecule has 1 aliphatic heterocycles. The number of aryl methyl sites for hydroxylation is 1. The van der Waals surface area contributed by atoms with Crippen LogP contribution >= 0.6 is 11.3 Å². The third-order valence-corrected chi connectivity index (χ3v) is 5.91. The molecule has 0 saturated heterocycles. The Labute approximate surface area is 167 Å². The zero-order valence-electron chi connectivity index (χ0n) is 15.4. The molecular weight excluding hydrogens is 372 g/mol. The molecule has 28 heavy (non-hydrogen) atoms. The van der Waals surface area contributed by atoms with Gasteiger partial charge in [0.1, 0.15) is 5.75 Å². The van der Waals surface area contributed by atoms with Gasteiger partial charge in [0.05, 0.1) is 5.69 Å².